The minimum absolute atomic E-state index is 0.0704. The third-order valence-corrected chi connectivity index (χ3v) is 5.87. The van der Waals surface area contributed by atoms with E-state index >= 15 is 0 Å². The van der Waals surface area contributed by atoms with Gasteiger partial charge in [0.2, 0.25) is 0 Å². The highest BCUT2D eigenvalue weighted by Gasteiger charge is 2.43. The average Bonchev–Trinajstić information content (AvgIpc) is 2.91. The summed E-state index contributed by atoms with van der Waals surface area (Å²) in [4.78, 5) is 0.405. The van der Waals surface area contributed by atoms with Gasteiger partial charge in [0, 0.05) is 33.4 Å². The van der Waals surface area contributed by atoms with Crippen LogP contribution in [0.5, 0.6) is 0 Å². The first kappa shape index (κ1) is 14.2. The van der Waals surface area contributed by atoms with E-state index in [0.717, 1.165) is 28.5 Å². The van der Waals surface area contributed by atoms with Crippen molar-refractivity contribution < 1.29 is 17.6 Å². The Morgan fingerprint density at radius 3 is 2.46 bits per heavy atom. The Kier molecular flexibility index (Phi) is 2.65. The summed E-state index contributed by atoms with van der Waals surface area (Å²) in [5.74, 6) is -4.91. The van der Waals surface area contributed by atoms with Gasteiger partial charge in [-0.3, -0.25) is 0 Å². The van der Waals surface area contributed by atoms with E-state index in [1.807, 2.05) is 6.07 Å². The summed E-state index contributed by atoms with van der Waals surface area (Å²) in [6.45, 7) is 0. The van der Waals surface area contributed by atoms with Crippen LogP contribution in [0, 0.1) is 11.6 Å². The lowest BCUT2D eigenvalue weighted by Crippen LogP contribution is -2.22. The van der Waals surface area contributed by atoms with Gasteiger partial charge in [0.15, 0.2) is 11.6 Å². The van der Waals surface area contributed by atoms with Gasteiger partial charge in [-0.05, 0) is 34.7 Å². The molecule has 1 aromatic heterocycles. The summed E-state index contributed by atoms with van der Waals surface area (Å²) < 4.78 is 57.5. The maximum atomic E-state index is 14.6. The van der Waals surface area contributed by atoms with Crippen molar-refractivity contribution in [2.24, 2.45) is 0 Å². The maximum Gasteiger partial charge on any atom is 0.278 e. The first-order chi connectivity index (χ1) is 11.5. The Morgan fingerprint density at radius 2 is 1.62 bits per heavy atom. The molecule has 0 nitrogen and oxygen atoms in total. The van der Waals surface area contributed by atoms with E-state index in [0.29, 0.717) is 28.0 Å². The molecule has 2 aliphatic rings. The third kappa shape index (κ3) is 1.68. The minimum Gasteiger partial charge on any atom is -0.204 e. The first-order valence-corrected chi connectivity index (χ1v) is 8.43. The molecule has 0 saturated carbocycles. The molecule has 0 spiro atoms. The Morgan fingerprint density at radius 1 is 0.875 bits per heavy atom. The van der Waals surface area contributed by atoms with Crippen LogP contribution >= 0.6 is 11.3 Å². The smallest absolute Gasteiger partial charge is 0.204 e. The molecule has 0 saturated heterocycles. The van der Waals surface area contributed by atoms with Crippen LogP contribution in [0.3, 0.4) is 0 Å². The second-order valence-electron chi connectivity index (χ2n) is 6.26. The van der Waals surface area contributed by atoms with Crippen molar-refractivity contribution >= 4 is 11.3 Å². The van der Waals surface area contributed by atoms with Crippen LogP contribution in [0.2, 0.25) is 0 Å². The Labute approximate surface area is 139 Å². The van der Waals surface area contributed by atoms with Gasteiger partial charge >= 0.3 is 0 Å². The number of benzene rings is 2. The summed E-state index contributed by atoms with van der Waals surface area (Å²) in [6, 6.07) is 7.99. The van der Waals surface area contributed by atoms with E-state index in [9.17, 15) is 17.6 Å². The SMILES string of the molecule is Fc1ccc2c(c1F)-c1scc3c1-c1c(cccc1CC3(F)F)C2. The van der Waals surface area contributed by atoms with Crippen molar-refractivity contribution in [2.45, 2.75) is 18.8 Å². The van der Waals surface area contributed by atoms with Crippen LogP contribution in [-0.4, -0.2) is 0 Å². The van der Waals surface area contributed by atoms with Crippen LogP contribution in [0.25, 0.3) is 21.6 Å². The fourth-order valence-electron chi connectivity index (χ4n) is 3.85. The van der Waals surface area contributed by atoms with Gasteiger partial charge in [0.1, 0.15) is 0 Å². The molecule has 5 rings (SSSR count). The lowest BCUT2D eigenvalue weighted by atomic mass is 9.82. The predicted octanol–water partition coefficient (Wildman–Crippen LogP) is 5.91. The number of alkyl halides is 2. The molecular formula is C19H10F4S. The van der Waals surface area contributed by atoms with Gasteiger partial charge < -0.3 is 0 Å². The molecule has 0 aliphatic heterocycles. The molecule has 0 amide bonds. The number of fused-ring (bicyclic) bond motifs is 2. The minimum atomic E-state index is -3.00. The highest BCUT2D eigenvalue weighted by atomic mass is 32.1. The van der Waals surface area contributed by atoms with Crippen LogP contribution in [0.1, 0.15) is 22.3 Å². The molecule has 24 heavy (non-hydrogen) atoms. The quantitative estimate of drug-likeness (QED) is 0.347. The summed E-state index contributed by atoms with van der Waals surface area (Å²) >= 11 is 1.07. The average molecular weight is 346 g/mol. The van der Waals surface area contributed by atoms with Gasteiger partial charge in [-0.15, -0.1) is 11.3 Å². The molecular weight excluding hydrogens is 336 g/mol. The van der Waals surface area contributed by atoms with Gasteiger partial charge in [0.05, 0.1) is 0 Å². The van der Waals surface area contributed by atoms with E-state index in [-0.39, 0.29) is 17.5 Å². The number of hydrogen-bond acceptors (Lipinski definition) is 1. The molecule has 5 heteroatoms. The lowest BCUT2D eigenvalue weighted by Gasteiger charge is -2.26. The summed E-state index contributed by atoms with van der Waals surface area (Å²) in [6.07, 6.45) is 0.0503. The van der Waals surface area contributed by atoms with Crippen molar-refractivity contribution in [3.63, 3.8) is 0 Å². The molecule has 2 aliphatic carbocycles. The van der Waals surface area contributed by atoms with Crippen molar-refractivity contribution in [3.05, 3.63) is 69.6 Å². The fourth-order valence-corrected chi connectivity index (χ4v) is 5.05. The van der Waals surface area contributed by atoms with E-state index in [1.54, 1.807) is 18.2 Å². The largest absolute Gasteiger partial charge is 0.278 e. The van der Waals surface area contributed by atoms with Crippen LogP contribution in [0.15, 0.2) is 35.7 Å². The zero-order chi connectivity index (χ0) is 16.6. The van der Waals surface area contributed by atoms with Gasteiger partial charge in [0.25, 0.3) is 5.92 Å². The first-order valence-electron chi connectivity index (χ1n) is 7.55. The van der Waals surface area contributed by atoms with Crippen LogP contribution in [0.4, 0.5) is 17.6 Å². The molecule has 0 fully saturated rings. The molecule has 0 unspecified atom stereocenters. The topological polar surface area (TPSA) is 0 Å². The molecule has 0 atom stereocenters. The highest BCUT2D eigenvalue weighted by molar-refractivity contribution is 7.14. The van der Waals surface area contributed by atoms with Crippen molar-refractivity contribution in [1.82, 2.24) is 0 Å². The summed E-state index contributed by atoms with van der Waals surface area (Å²) in [5, 5.41) is 1.39. The van der Waals surface area contributed by atoms with Crippen molar-refractivity contribution in [1.29, 1.82) is 0 Å². The number of rotatable bonds is 0. The van der Waals surface area contributed by atoms with Crippen LogP contribution < -0.4 is 0 Å². The standard InChI is InChI=1S/C19H10F4S/c20-13-5-4-10-6-9-2-1-3-11-7-19(22,23)12-8-24-18(15(10)17(13)21)16(12)14(9)11/h1-5,8H,6-7H2. The monoisotopic (exact) mass is 346 g/mol. The van der Waals surface area contributed by atoms with E-state index in [2.05, 4.69) is 0 Å². The molecule has 0 N–H and O–H groups in total. The zero-order valence-corrected chi connectivity index (χ0v) is 13.1. The second kappa shape index (κ2) is 4.48. The van der Waals surface area contributed by atoms with E-state index < -0.39 is 17.6 Å². The van der Waals surface area contributed by atoms with Crippen molar-refractivity contribution in [3.8, 4) is 21.6 Å². The molecule has 3 aromatic rings. The molecule has 1 heterocycles. The Bertz CT molecular complexity index is 1020. The predicted molar refractivity (Wildman–Crippen MR) is 85.5 cm³/mol. The van der Waals surface area contributed by atoms with E-state index in [4.69, 9.17) is 0 Å². The fraction of sp³-hybridized carbons (Fsp3) is 0.158. The number of thiophene rings is 1. The lowest BCUT2D eigenvalue weighted by molar-refractivity contribution is -0.00434. The summed E-state index contributed by atoms with van der Waals surface area (Å²) in [5.41, 5.74) is 3.28. The van der Waals surface area contributed by atoms with E-state index in [1.165, 1.54) is 5.38 Å². The van der Waals surface area contributed by atoms with Crippen molar-refractivity contribution in [2.75, 3.05) is 0 Å². The molecule has 120 valence electrons. The third-order valence-electron chi connectivity index (χ3n) is 4.87. The number of halogens is 4. The molecule has 0 bridgehead atoms. The molecule has 0 radical (unpaired) electrons. The maximum absolute atomic E-state index is 14.6. The Balaban J connectivity index is 1.97. The Hall–Kier alpha value is -2.14. The molecule has 2 aromatic carbocycles. The second-order valence-corrected chi connectivity index (χ2v) is 7.14. The van der Waals surface area contributed by atoms with Crippen LogP contribution in [-0.2, 0) is 18.8 Å². The number of hydrogen-bond donors (Lipinski definition) is 0. The van der Waals surface area contributed by atoms with Gasteiger partial charge in [-0.2, -0.15) is 0 Å². The summed E-state index contributed by atoms with van der Waals surface area (Å²) in [7, 11) is 0. The van der Waals surface area contributed by atoms with Gasteiger partial charge in [-0.1, -0.05) is 24.3 Å². The highest BCUT2D eigenvalue weighted by Crippen LogP contribution is 2.55. The van der Waals surface area contributed by atoms with Gasteiger partial charge in [-0.25, -0.2) is 17.6 Å². The normalized spacial score (nSPS) is 16.3. The zero-order valence-electron chi connectivity index (χ0n) is 12.3.